The van der Waals surface area contributed by atoms with Gasteiger partial charge in [0.1, 0.15) is 34.8 Å². The van der Waals surface area contributed by atoms with Crippen molar-refractivity contribution in [1.29, 1.82) is 0 Å². The van der Waals surface area contributed by atoms with Crippen molar-refractivity contribution in [3.05, 3.63) is 82.8 Å². The lowest BCUT2D eigenvalue weighted by molar-refractivity contribution is -0.132. The summed E-state index contributed by atoms with van der Waals surface area (Å²) in [4.78, 5) is 28.1. The van der Waals surface area contributed by atoms with Crippen LogP contribution in [-0.2, 0) is 15.0 Å². The summed E-state index contributed by atoms with van der Waals surface area (Å²) < 4.78 is 17.2. The van der Waals surface area contributed by atoms with Crippen LogP contribution < -0.4 is 14.4 Å². The summed E-state index contributed by atoms with van der Waals surface area (Å²) in [7, 11) is 0. The molecule has 1 unspecified atom stereocenters. The van der Waals surface area contributed by atoms with Gasteiger partial charge in [-0.3, -0.25) is 14.5 Å². The monoisotopic (exact) mass is 503 g/mol. The number of benzene rings is 2. The highest BCUT2D eigenvalue weighted by molar-refractivity contribution is 6.51. The third kappa shape index (κ3) is 4.99. The highest BCUT2D eigenvalue weighted by Gasteiger charge is 2.48. The van der Waals surface area contributed by atoms with E-state index < -0.39 is 17.7 Å². The van der Waals surface area contributed by atoms with Crippen LogP contribution in [0.25, 0.3) is 5.76 Å². The molecule has 7 nitrogen and oxygen atoms in total. The van der Waals surface area contributed by atoms with Crippen LogP contribution in [0.4, 0.5) is 5.69 Å². The second-order valence-corrected chi connectivity index (χ2v) is 9.94. The second-order valence-electron chi connectivity index (χ2n) is 9.94. The van der Waals surface area contributed by atoms with Gasteiger partial charge in [0.05, 0.1) is 18.8 Å². The highest BCUT2D eigenvalue weighted by atomic mass is 16.5. The second kappa shape index (κ2) is 10.2. The van der Waals surface area contributed by atoms with E-state index in [1.54, 1.807) is 55.5 Å². The number of anilines is 1. The minimum atomic E-state index is -0.934. The maximum Gasteiger partial charge on any atom is 0.300 e. The molecule has 2 aromatic carbocycles. The third-order valence-corrected chi connectivity index (χ3v) is 6.26. The average molecular weight is 504 g/mol. The molecular formula is C30H33NO6. The molecule has 0 radical (unpaired) electrons. The van der Waals surface area contributed by atoms with E-state index in [4.69, 9.17) is 13.9 Å². The van der Waals surface area contributed by atoms with Crippen molar-refractivity contribution in [2.24, 2.45) is 0 Å². The lowest BCUT2D eigenvalue weighted by Crippen LogP contribution is -2.29. The van der Waals surface area contributed by atoms with Gasteiger partial charge < -0.3 is 19.0 Å². The summed E-state index contributed by atoms with van der Waals surface area (Å²) in [5, 5.41) is 11.5. The number of hydrogen-bond acceptors (Lipinski definition) is 6. The van der Waals surface area contributed by atoms with E-state index in [1.165, 1.54) is 4.90 Å². The van der Waals surface area contributed by atoms with Crippen LogP contribution in [0, 0.1) is 6.92 Å². The number of nitrogens with zero attached hydrogens (tertiary/aromatic N) is 1. The fraction of sp³-hybridized carbons (Fsp3) is 0.333. The number of aliphatic hydroxyl groups is 1. The molecule has 37 heavy (non-hydrogen) atoms. The van der Waals surface area contributed by atoms with E-state index in [9.17, 15) is 14.7 Å². The van der Waals surface area contributed by atoms with Crippen molar-refractivity contribution < 1.29 is 28.6 Å². The lowest BCUT2D eigenvalue weighted by Gasteiger charge is -2.25. The predicted octanol–water partition coefficient (Wildman–Crippen LogP) is 6.31. The molecule has 1 N–H and O–H groups in total. The Kier molecular flexibility index (Phi) is 7.16. The van der Waals surface area contributed by atoms with Crippen LogP contribution in [0.1, 0.15) is 63.3 Å². The molecule has 1 fully saturated rings. The fourth-order valence-electron chi connectivity index (χ4n) is 4.54. The number of aryl methyl sites for hydroxylation is 1. The number of aliphatic hydroxyl groups excluding tert-OH is 1. The number of carbonyl (C=O) groups excluding carboxylic acids is 2. The summed E-state index contributed by atoms with van der Waals surface area (Å²) in [6.07, 6.45) is 0. The van der Waals surface area contributed by atoms with Gasteiger partial charge in [-0.2, -0.15) is 0 Å². The first-order valence-electron chi connectivity index (χ1n) is 12.4. The Morgan fingerprint density at radius 2 is 1.65 bits per heavy atom. The van der Waals surface area contributed by atoms with E-state index in [0.29, 0.717) is 47.5 Å². The van der Waals surface area contributed by atoms with Crippen molar-refractivity contribution in [3.8, 4) is 11.5 Å². The quantitative estimate of drug-likeness (QED) is 0.231. The predicted molar refractivity (Wildman–Crippen MR) is 142 cm³/mol. The topological polar surface area (TPSA) is 89.2 Å². The lowest BCUT2D eigenvalue weighted by atomic mass is 9.84. The Hall–Kier alpha value is -4.00. The SMILES string of the molecule is CCOc1ccc(N2C(=O)C(=O)/C(=C(\O)c3ccc(OCC)c(C(C)(C)C)c3)C2c2ccc(C)o2)cc1. The average Bonchev–Trinajstić information content (AvgIpc) is 3.40. The molecule has 0 spiro atoms. The van der Waals surface area contributed by atoms with Gasteiger partial charge in [-0.05, 0) is 80.8 Å². The van der Waals surface area contributed by atoms with E-state index in [0.717, 1.165) is 5.56 Å². The minimum Gasteiger partial charge on any atom is -0.507 e. The molecule has 0 bridgehead atoms. The van der Waals surface area contributed by atoms with Gasteiger partial charge in [0.25, 0.3) is 11.7 Å². The minimum absolute atomic E-state index is 0.0303. The Morgan fingerprint density at radius 3 is 2.22 bits per heavy atom. The molecule has 7 heteroatoms. The Labute approximate surface area is 217 Å². The summed E-state index contributed by atoms with van der Waals surface area (Å²) in [5.74, 6) is 0.581. The van der Waals surface area contributed by atoms with Crippen LogP contribution in [0.2, 0.25) is 0 Å². The number of ether oxygens (including phenoxy) is 2. The van der Waals surface area contributed by atoms with Crippen LogP contribution in [0.3, 0.4) is 0 Å². The smallest absolute Gasteiger partial charge is 0.300 e. The number of hydrogen-bond donors (Lipinski definition) is 1. The molecule has 0 saturated carbocycles. The zero-order valence-electron chi connectivity index (χ0n) is 22.1. The Bertz CT molecular complexity index is 1340. The zero-order chi connectivity index (χ0) is 26.9. The first kappa shape index (κ1) is 26.1. The molecule has 1 atom stereocenters. The number of ketones is 1. The summed E-state index contributed by atoms with van der Waals surface area (Å²) >= 11 is 0. The molecule has 194 valence electrons. The first-order valence-corrected chi connectivity index (χ1v) is 12.4. The van der Waals surface area contributed by atoms with Crippen LogP contribution in [0.15, 0.2) is 64.6 Å². The molecule has 1 aliphatic heterocycles. The third-order valence-electron chi connectivity index (χ3n) is 6.26. The fourth-order valence-corrected chi connectivity index (χ4v) is 4.54. The normalized spacial score (nSPS) is 17.4. The summed E-state index contributed by atoms with van der Waals surface area (Å²) in [6, 6.07) is 14.8. The maximum absolute atomic E-state index is 13.4. The maximum atomic E-state index is 13.4. The molecule has 1 saturated heterocycles. The number of carbonyl (C=O) groups is 2. The van der Waals surface area contributed by atoms with Gasteiger partial charge in [0, 0.05) is 16.8 Å². The standard InChI is InChI=1S/C30H33NO6/c1-7-35-21-13-11-20(12-14-21)31-26(24-15-9-18(3)37-24)25(28(33)29(31)34)27(32)19-10-16-23(36-8-2)22(17-19)30(4,5)6/h9-17,26,32H,7-8H2,1-6H3/b27-25-. The molecule has 1 amide bonds. The van der Waals surface area contributed by atoms with Gasteiger partial charge in [-0.1, -0.05) is 20.8 Å². The van der Waals surface area contributed by atoms with E-state index in [1.807, 2.05) is 40.7 Å². The zero-order valence-corrected chi connectivity index (χ0v) is 22.1. The van der Waals surface area contributed by atoms with E-state index >= 15 is 0 Å². The summed E-state index contributed by atoms with van der Waals surface area (Å²) in [6.45, 7) is 12.7. The summed E-state index contributed by atoms with van der Waals surface area (Å²) in [5.41, 5.74) is 1.48. The van der Waals surface area contributed by atoms with E-state index in [-0.39, 0.29) is 16.7 Å². The van der Waals surface area contributed by atoms with Gasteiger partial charge in [0.15, 0.2) is 0 Å². The number of rotatable bonds is 7. The van der Waals surface area contributed by atoms with Crippen molar-refractivity contribution >= 4 is 23.1 Å². The van der Waals surface area contributed by atoms with Crippen molar-refractivity contribution in [2.45, 2.75) is 53.0 Å². The van der Waals surface area contributed by atoms with Crippen molar-refractivity contribution in [3.63, 3.8) is 0 Å². The van der Waals surface area contributed by atoms with Crippen LogP contribution in [-0.4, -0.2) is 30.0 Å². The van der Waals surface area contributed by atoms with Crippen molar-refractivity contribution in [2.75, 3.05) is 18.1 Å². The molecule has 0 aliphatic carbocycles. The van der Waals surface area contributed by atoms with Gasteiger partial charge >= 0.3 is 0 Å². The molecule has 2 heterocycles. The molecule has 3 aromatic rings. The highest BCUT2D eigenvalue weighted by Crippen LogP contribution is 2.44. The largest absolute Gasteiger partial charge is 0.507 e. The molecular weight excluding hydrogens is 470 g/mol. The van der Waals surface area contributed by atoms with Gasteiger partial charge in [-0.15, -0.1) is 0 Å². The molecule has 1 aliphatic rings. The first-order chi connectivity index (χ1) is 17.6. The van der Waals surface area contributed by atoms with Gasteiger partial charge in [-0.25, -0.2) is 0 Å². The Balaban J connectivity index is 1.89. The Morgan fingerprint density at radius 1 is 0.973 bits per heavy atom. The molecule has 4 rings (SSSR count). The van der Waals surface area contributed by atoms with Crippen LogP contribution in [0.5, 0.6) is 11.5 Å². The van der Waals surface area contributed by atoms with Crippen molar-refractivity contribution in [1.82, 2.24) is 0 Å². The van der Waals surface area contributed by atoms with Crippen LogP contribution >= 0.6 is 0 Å². The molecule has 1 aromatic heterocycles. The van der Waals surface area contributed by atoms with Gasteiger partial charge in [0.2, 0.25) is 0 Å². The number of Topliss-reactive ketones (excluding diaryl/α,β-unsaturated/α-hetero) is 1. The number of furan rings is 1. The number of amides is 1. The van der Waals surface area contributed by atoms with E-state index in [2.05, 4.69) is 0 Å².